The lowest BCUT2D eigenvalue weighted by Crippen LogP contribution is -2.27. The van der Waals surface area contributed by atoms with Gasteiger partial charge in [0.05, 0.1) is 12.2 Å². The molecule has 0 aromatic rings. The molecule has 4 heteroatoms. The number of hydrogen-bond donors (Lipinski definition) is 2. The summed E-state index contributed by atoms with van der Waals surface area (Å²) in [6, 6.07) is 0. The predicted octanol–water partition coefficient (Wildman–Crippen LogP) is -0.841. The molecular weight excluding hydrogens is 130 g/mol. The van der Waals surface area contributed by atoms with Crippen LogP contribution >= 0.6 is 0 Å². The highest BCUT2D eigenvalue weighted by Gasteiger charge is 2.17. The van der Waals surface area contributed by atoms with E-state index >= 15 is 0 Å². The van der Waals surface area contributed by atoms with Crippen molar-refractivity contribution in [2.45, 2.75) is 6.92 Å². The monoisotopic (exact) mass is 139 g/mol. The van der Waals surface area contributed by atoms with Crippen LogP contribution in [0.15, 0.2) is 16.3 Å². The Hall–Kier alpha value is -1.32. The molecule has 4 nitrogen and oxygen atoms in total. The predicted molar refractivity (Wildman–Crippen MR) is 38.4 cm³/mol. The minimum atomic E-state index is -0.547. The van der Waals surface area contributed by atoms with Gasteiger partial charge in [0.25, 0.3) is 5.91 Å². The average molecular weight is 139 g/mol. The molecule has 1 amide bonds. The third kappa shape index (κ3) is 0.877. The fourth-order valence-corrected chi connectivity index (χ4v) is 0.781. The van der Waals surface area contributed by atoms with E-state index in [4.69, 9.17) is 11.5 Å². The summed E-state index contributed by atoms with van der Waals surface area (Å²) in [6.45, 7) is 2.33. The van der Waals surface area contributed by atoms with Crippen molar-refractivity contribution in [3.05, 3.63) is 11.3 Å². The number of rotatable bonds is 1. The largest absolute Gasteiger partial charge is 0.397 e. The SMILES string of the molecule is CC1=C(N)C(C(N)=O)=NC1. The molecule has 1 rings (SSSR count). The van der Waals surface area contributed by atoms with E-state index in [1.54, 1.807) is 0 Å². The van der Waals surface area contributed by atoms with Gasteiger partial charge in [0.15, 0.2) is 0 Å². The number of carbonyl (C=O) groups excluding carboxylic acids is 1. The minimum Gasteiger partial charge on any atom is -0.397 e. The van der Waals surface area contributed by atoms with E-state index in [1.807, 2.05) is 6.92 Å². The number of aliphatic imine (C=N–C) groups is 1. The van der Waals surface area contributed by atoms with E-state index in [1.165, 1.54) is 0 Å². The van der Waals surface area contributed by atoms with Gasteiger partial charge < -0.3 is 11.5 Å². The summed E-state index contributed by atoms with van der Waals surface area (Å²) in [5, 5.41) is 0. The maximum atomic E-state index is 10.5. The van der Waals surface area contributed by atoms with E-state index in [0.29, 0.717) is 12.2 Å². The second kappa shape index (κ2) is 2.13. The fraction of sp³-hybridized carbons (Fsp3) is 0.333. The standard InChI is InChI=1S/C6H9N3O/c1-3-2-9-5(4(3)7)6(8)10/h2,7H2,1H3,(H2,8,10). The lowest BCUT2D eigenvalue weighted by atomic mass is 10.2. The zero-order valence-electron chi connectivity index (χ0n) is 5.72. The lowest BCUT2D eigenvalue weighted by molar-refractivity contribution is -0.111. The molecule has 1 aliphatic heterocycles. The summed E-state index contributed by atoms with van der Waals surface area (Å²) in [7, 11) is 0. The van der Waals surface area contributed by atoms with Crippen LogP contribution in [-0.4, -0.2) is 18.2 Å². The van der Waals surface area contributed by atoms with Crippen LogP contribution in [0.2, 0.25) is 0 Å². The van der Waals surface area contributed by atoms with Crippen molar-refractivity contribution >= 4 is 11.6 Å². The van der Waals surface area contributed by atoms with Crippen molar-refractivity contribution in [3.8, 4) is 0 Å². The summed E-state index contributed by atoms with van der Waals surface area (Å²) < 4.78 is 0. The Morgan fingerprint density at radius 3 is 2.50 bits per heavy atom. The quantitative estimate of drug-likeness (QED) is 0.496. The van der Waals surface area contributed by atoms with E-state index in [9.17, 15) is 4.79 Å². The summed E-state index contributed by atoms with van der Waals surface area (Å²) in [5.41, 5.74) is 12.0. The smallest absolute Gasteiger partial charge is 0.269 e. The van der Waals surface area contributed by atoms with Crippen molar-refractivity contribution in [2.75, 3.05) is 6.54 Å². The Labute approximate surface area is 58.6 Å². The summed E-state index contributed by atoms with van der Waals surface area (Å²) in [4.78, 5) is 14.4. The maximum absolute atomic E-state index is 10.5. The van der Waals surface area contributed by atoms with Crippen LogP contribution < -0.4 is 11.5 Å². The zero-order chi connectivity index (χ0) is 7.72. The molecule has 0 saturated heterocycles. The number of carbonyl (C=O) groups is 1. The van der Waals surface area contributed by atoms with Crippen molar-refractivity contribution in [1.82, 2.24) is 0 Å². The van der Waals surface area contributed by atoms with Gasteiger partial charge in [-0.05, 0) is 12.5 Å². The molecule has 0 atom stereocenters. The van der Waals surface area contributed by atoms with E-state index in [0.717, 1.165) is 5.57 Å². The number of primary amides is 1. The first-order valence-corrected chi connectivity index (χ1v) is 2.92. The van der Waals surface area contributed by atoms with Crippen molar-refractivity contribution in [3.63, 3.8) is 0 Å². The first kappa shape index (κ1) is 6.80. The van der Waals surface area contributed by atoms with E-state index < -0.39 is 5.91 Å². The molecule has 1 aliphatic rings. The molecule has 0 aromatic carbocycles. The Balaban J connectivity index is 2.93. The van der Waals surface area contributed by atoms with Crippen LogP contribution in [0, 0.1) is 0 Å². The second-order valence-corrected chi connectivity index (χ2v) is 2.22. The second-order valence-electron chi connectivity index (χ2n) is 2.22. The molecule has 0 aromatic heterocycles. The molecule has 0 radical (unpaired) electrons. The summed E-state index contributed by atoms with van der Waals surface area (Å²) >= 11 is 0. The maximum Gasteiger partial charge on any atom is 0.269 e. The molecule has 54 valence electrons. The number of amides is 1. The van der Waals surface area contributed by atoms with Crippen molar-refractivity contribution in [2.24, 2.45) is 16.5 Å². The first-order chi connectivity index (χ1) is 4.63. The van der Waals surface area contributed by atoms with Crippen LogP contribution in [0.4, 0.5) is 0 Å². The molecule has 0 bridgehead atoms. The molecule has 0 unspecified atom stereocenters. The van der Waals surface area contributed by atoms with Gasteiger partial charge in [-0.25, -0.2) is 0 Å². The zero-order valence-corrected chi connectivity index (χ0v) is 5.72. The lowest BCUT2D eigenvalue weighted by Gasteiger charge is -1.94. The molecule has 0 fully saturated rings. The molecule has 10 heavy (non-hydrogen) atoms. The topological polar surface area (TPSA) is 81.5 Å². The summed E-state index contributed by atoms with van der Waals surface area (Å²) in [6.07, 6.45) is 0. The third-order valence-electron chi connectivity index (χ3n) is 1.42. The van der Waals surface area contributed by atoms with Crippen LogP contribution in [-0.2, 0) is 4.79 Å². The van der Waals surface area contributed by atoms with Gasteiger partial charge in [-0.15, -0.1) is 0 Å². The highest BCUT2D eigenvalue weighted by molar-refractivity contribution is 6.45. The van der Waals surface area contributed by atoms with Gasteiger partial charge in [0.2, 0.25) is 0 Å². The Bertz CT molecular complexity index is 239. The third-order valence-corrected chi connectivity index (χ3v) is 1.42. The van der Waals surface area contributed by atoms with Gasteiger partial charge in [0, 0.05) is 0 Å². The number of nitrogens with zero attached hydrogens (tertiary/aromatic N) is 1. The molecule has 0 spiro atoms. The van der Waals surface area contributed by atoms with E-state index in [-0.39, 0.29) is 5.71 Å². The van der Waals surface area contributed by atoms with Crippen LogP contribution in [0.5, 0.6) is 0 Å². The molecule has 0 aliphatic carbocycles. The minimum absolute atomic E-state index is 0.220. The number of nitrogens with two attached hydrogens (primary N) is 2. The average Bonchev–Trinajstić information content (AvgIpc) is 2.14. The fourth-order valence-electron chi connectivity index (χ4n) is 0.781. The number of hydrogen-bond acceptors (Lipinski definition) is 3. The highest BCUT2D eigenvalue weighted by Crippen LogP contribution is 2.08. The molecule has 0 saturated carbocycles. The molecule has 4 N–H and O–H groups in total. The molecular formula is C6H9N3O. The van der Waals surface area contributed by atoms with Crippen LogP contribution in [0.25, 0.3) is 0 Å². The Kier molecular flexibility index (Phi) is 1.45. The van der Waals surface area contributed by atoms with Gasteiger partial charge >= 0.3 is 0 Å². The summed E-state index contributed by atoms with van der Waals surface area (Å²) in [5.74, 6) is -0.547. The van der Waals surface area contributed by atoms with Gasteiger partial charge in [-0.2, -0.15) is 0 Å². The van der Waals surface area contributed by atoms with Gasteiger partial charge in [-0.1, -0.05) is 0 Å². The highest BCUT2D eigenvalue weighted by atomic mass is 16.1. The first-order valence-electron chi connectivity index (χ1n) is 2.92. The Morgan fingerprint density at radius 1 is 1.70 bits per heavy atom. The van der Waals surface area contributed by atoms with Gasteiger partial charge in [-0.3, -0.25) is 9.79 Å². The Morgan fingerprint density at radius 2 is 2.30 bits per heavy atom. The normalized spacial score (nSPS) is 17.5. The van der Waals surface area contributed by atoms with Crippen LogP contribution in [0.1, 0.15) is 6.92 Å². The van der Waals surface area contributed by atoms with Crippen molar-refractivity contribution in [1.29, 1.82) is 0 Å². The van der Waals surface area contributed by atoms with E-state index in [2.05, 4.69) is 4.99 Å². The van der Waals surface area contributed by atoms with Gasteiger partial charge in [0.1, 0.15) is 5.71 Å². The molecule has 1 heterocycles. The van der Waals surface area contributed by atoms with Crippen LogP contribution in [0.3, 0.4) is 0 Å². The van der Waals surface area contributed by atoms with Crippen molar-refractivity contribution < 1.29 is 4.79 Å².